The predicted octanol–water partition coefficient (Wildman–Crippen LogP) is 4.26. The van der Waals surface area contributed by atoms with Gasteiger partial charge in [-0.25, -0.2) is 16.8 Å². The molecule has 158 valence electrons. The number of hydrogen-bond donors (Lipinski definition) is 2. The molecule has 0 aliphatic carbocycles. The van der Waals surface area contributed by atoms with Crippen molar-refractivity contribution in [3.63, 3.8) is 0 Å². The van der Waals surface area contributed by atoms with Crippen LogP contribution in [0.25, 0.3) is 0 Å². The first-order valence-electron chi connectivity index (χ1n) is 8.67. The van der Waals surface area contributed by atoms with Crippen LogP contribution in [0.2, 0.25) is 5.02 Å². The molecule has 3 aromatic rings. The molecule has 0 aromatic heterocycles. The Balaban J connectivity index is 1.95. The molecule has 0 saturated heterocycles. The van der Waals surface area contributed by atoms with E-state index in [1.165, 1.54) is 43.5 Å². The van der Waals surface area contributed by atoms with E-state index >= 15 is 0 Å². The van der Waals surface area contributed by atoms with Crippen LogP contribution in [0.15, 0.2) is 76.5 Å². The van der Waals surface area contributed by atoms with E-state index in [1.807, 2.05) is 0 Å². The van der Waals surface area contributed by atoms with Gasteiger partial charge in [0.2, 0.25) is 0 Å². The summed E-state index contributed by atoms with van der Waals surface area (Å²) in [6.07, 6.45) is 0. The zero-order valence-electron chi connectivity index (χ0n) is 16.1. The Hall–Kier alpha value is -2.75. The zero-order valence-corrected chi connectivity index (χ0v) is 18.5. The maximum absolute atomic E-state index is 12.9. The van der Waals surface area contributed by atoms with Gasteiger partial charge in [-0.05, 0) is 55.0 Å². The van der Waals surface area contributed by atoms with Crippen LogP contribution in [0.3, 0.4) is 0 Å². The van der Waals surface area contributed by atoms with Crippen molar-refractivity contribution in [3.05, 3.63) is 77.3 Å². The second-order valence-electron chi connectivity index (χ2n) is 6.35. The zero-order chi connectivity index (χ0) is 21.9. The lowest BCUT2D eigenvalue weighted by atomic mass is 10.2. The van der Waals surface area contributed by atoms with Gasteiger partial charge in [0.05, 0.1) is 28.3 Å². The van der Waals surface area contributed by atoms with Gasteiger partial charge in [-0.1, -0.05) is 35.9 Å². The molecule has 3 rings (SSSR count). The highest BCUT2D eigenvalue weighted by Gasteiger charge is 2.20. The number of sulfonamides is 2. The fourth-order valence-corrected chi connectivity index (χ4v) is 5.17. The molecule has 7 nitrogen and oxygen atoms in total. The van der Waals surface area contributed by atoms with Crippen LogP contribution in [0.1, 0.15) is 5.56 Å². The number of benzene rings is 3. The number of para-hydroxylation sites is 2. The minimum Gasteiger partial charge on any atom is -0.495 e. The van der Waals surface area contributed by atoms with Crippen molar-refractivity contribution in [1.82, 2.24) is 0 Å². The van der Waals surface area contributed by atoms with Gasteiger partial charge >= 0.3 is 0 Å². The lowest BCUT2D eigenvalue weighted by Gasteiger charge is -2.14. The Morgan fingerprint density at radius 2 is 1.40 bits per heavy atom. The number of halogens is 1. The fraction of sp³-hybridized carbons (Fsp3) is 0.100. The van der Waals surface area contributed by atoms with E-state index in [-0.39, 0.29) is 26.2 Å². The number of nitrogens with one attached hydrogen (secondary N) is 2. The van der Waals surface area contributed by atoms with E-state index in [0.717, 1.165) is 0 Å². The molecule has 0 spiro atoms. The average molecular weight is 467 g/mol. The van der Waals surface area contributed by atoms with Gasteiger partial charge in [-0.15, -0.1) is 0 Å². The van der Waals surface area contributed by atoms with Crippen LogP contribution < -0.4 is 14.2 Å². The summed E-state index contributed by atoms with van der Waals surface area (Å²) in [6, 6.07) is 16.5. The number of ether oxygens (including phenoxy) is 1. The molecule has 30 heavy (non-hydrogen) atoms. The van der Waals surface area contributed by atoms with Gasteiger partial charge in [0.15, 0.2) is 0 Å². The lowest BCUT2D eigenvalue weighted by molar-refractivity contribution is 0.417. The summed E-state index contributed by atoms with van der Waals surface area (Å²) in [5, 5.41) is 0.270. The number of anilines is 2. The molecule has 0 atom stereocenters. The van der Waals surface area contributed by atoms with Crippen LogP contribution in [-0.4, -0.2) is 23.9 Å². The topological polar surface area (TPSA) is 102 Å². The van der Waals surface area contributed by atoms with Crippen LogP contribution >= 0.6 is 11.6 Å². The molecule has 3 aromatic carbocycles. The Labute approximate surface area is 180 Å². The smallest absolute Gasteiger partial charge is 0.262 e. The highest BCUT2D eigenvalue weighted by atomic mass is 35.5. The first-order valence-corrected chi connectivity index (χ1v) is 12.0. The lowest BCUT2D eigenvalue weighted by Crippen LogP contribution is -2.16. The SMILES string of the molecule is COc1ccccc1NS(=O)(=O)c1ccc(C)c(NS(=O)(=O)c2cccc(Cl)c2)c1. The molecule has 2 N–H and O–H groups in total. The third-order valence-corrected chi connectivity index (χ3v) is 7.18. The molecule has 0 amide bonds. The fourth-order valence-electron chi connectivity index (χ4n) is 2.65. The first kappa shape index (κ1) is 21.9. The number of aryl methyl sites for hydroxylation is 1. The van der Waals surface area contributed by atoms with Gasteiger partial charge < -0.3 is 4.74 Å². The molecule has 0 unspecified atom stereocenters. The third kappa shape index (κ3) is 4.86. The summed E-state index contributed by atoms with van der Waals surface area (Å²) in [5.41, 5.74) is 0.955. The highest BCUT2D eigenvalue weighted by Crippen LogP contribution is 2.28. The normalized spacial score (nSPS) is 11.7. The van der Waals surface area contributed by atoms with Crippen molar-refractivity contribution in [2.24, 2.45) is 0 Å². The molecule has 0 aliphatic rings. The highest BCUT2D eigenvalue weighted by molar-refractivity contribution is 7.93. The van der Waals surface area contributed by atoms with E-state index in [9.17, 15) is 16.8 Å². The Morgan fingerprint density at radius 1 is 0.767 bits per heavy atom. The number of methoxy groups -OCH3 is 1. The largest absolute Gasteiger partial charge is 0.495 e. The maximum atomic E-state index is 12.9. The predicted molar refractivity (Wildman–Crippen MR) is 117 cm³/mol. The van der Waals surface area contributed by atoms with Gasteiger partial charge in [0, 0.05) is 5.02 Å². The first-order chi connectivity index (χ1) is 14.1. The van der Waals surface area contributed by atoms with E-state index in [1.54, 1.807) is 37.3 Å². The minimum atomic E-state index is -4.00. The molecule has 0 aliphatic heterocycles. The van der Waals surface area contributed by atoms with Crippen LogP contribution in [0.5, 0.6) is 5.75 Å². The monoisotopic (exact) mass is 466 g/mol. The van der Waals surface area contributed by atoms with Crippen molar-refractivity contribution in [2.45, 2.75) is 16.7 Å². The summed E-state index contributed by atoms with van der Waals surface area (Å²) >= 11 is 5.88. The van der Waals surface area contributed by atoms with Crippen LogP contribution in [0.4, 0.5) is 11.4 Å². The molecule has 0 radical (unpaired) electrons. The molecule has 0 fully saturated rings. The summed E-state index contributed by atoms with van der Waals surface area (Å²) in [7, 11) is -6.53. The van der Waals surface area contributed by atoms with Crippen molar-refractivity contribution in [3.8, 4) is 5.75 Å². The molecule has 10 heteroatoms. The van der Waals surface area contributed by atoms with E-state index in [4.69, 9.17) is 16.3 Å². The number of rotatable bonds is 7. The standard InChI is InChI=1S/C20H19ClN2O5S2/c1-14-10-11-17(30(26,27)22-18-8-3-4-9-20(18)28-2)13-19(14)23-29(24,25)16-7-5-6-15(21)12-16/h3-13,22-23H,1-2H3. The molecular formula is C20H19ClN2O5S2. The molecule has 0 saturated carbocycles. The summed E-state index contributed by atoms with van der Waals surface area (Å²) in [5.74, 6) is 0.357. The van der Waals surface area contributed by atoms with Crippen molar-refractivity contribution < 1.29 is 21.6 Å². The van der Waals surface area contributed by atoms with E-state index in [0.29, 0.717) is 11.3 Å². The third-order valence-electron chi connectivity index (χ3n) is 4.22. The van der Waals surface area contributed by atoms with Gasteiger partial charge in [0.1, 0.15) is 5.75 Å². The second-order valence-corrected chi connectivity index (χ2v) is 10.1. The molecular weight excluding hydrogens is 448 g/mol. The van der Waals surface area contributed by atoms with Crippen molar-refractivity contribution in [2.75, 3.05) is 16.6 Å². The molecule has 0 heterocycles. The van der Waals surface area contributed by atoms with Crippen molar-refractivity contribution in [1.29, 1.82) is 0 Å². The van der Waals surface area contributed by atoms with Gasteiger partial charge in [0.25, 0.3) is 20.0 Å². The summed E-state index contributed by atoms with van der Waals surface area (Å²) in [6.45, 7) is 1.67. The van der Waals surface area contributed by atoms with Gasteiger partial charge in [-0.3, -0.25) is 9.44 Å². The Bertz CT molecular complexity index is 1290. The van der Waals surface area contributed by atoms with Gasteiger partial charge in [-0.2, -0.15) is 0 Å². The maximum Gasteiger partial charge on any atom is 0.262 e. The summed E-state index contributed by atoms with van der Waals surface area (Å²) < 4.78 is 61.1. The Kier molecular flexibility index (Phi) is 6.25. The summed E-state index contributed by atoms with van der Waals surface area (Å²) in [4.78, 5) is -0.141. The van der Waals surface area contributed by atoms with Crippen LogP contribution in [0, 0.1) is 6.92 Å². The average Bonchev–Trinajstić information content (AvgIpc) is 2.69. The Morgan fingerprint density at radius 3 is 2.07 bits per heavy atom. The molecule has 0 bridgehead atoms. The van der Waals surface area contributed by atoms with E-state index in [2.05, 4.69) is 9.44 Å². The van der Waals surface area contributed by atoms with Crippen molar-refractivity contribution >= 4 is 43.0 Å². The van der Waals surface area contributed by atoms with E-state index < -0.39 is 20.0 Å². The quantitative estimate of drug-likeness (QED) is 0.541. The minimum absolute atomic E-state index is 0.0326. The van der Waals surface area contributed by atoms with Crippen LogP contribution in [-0.2, 0) is 20.0 Å². The number of hydrogen-bond acceptors (Lipinski definition) is 5. The second kappa shape index (κ2) is 8.55.